The summed E-state index contributed by atoms with van der Waals surface area (Å²) in [6.45, 7) is 6.69. The zero-order valence-electron chi connectivity index (χ0n) is 17.6. The highest BCUT2D eigenvalue weighted by molar-refractivity contribution is 7.98. The minimum Gasteiger partial charge on any atom is -0.360 e. The second-order valence-corrected chi connectivity index (χ2v) is 8.22. The first kappa shape index (κ1) is 22.2. The summed E-state index contributed by atoms with van der Waals surface area (Å²) in [7, 11) is 6.20. The van der Waals surface area contributed by atoms with Gasteiger partial charge in [-0.1, -0.05) is 30.8 Å². The van der Waals surface area contributed by atoms with Crippen LogP contribution >= 0.6 is 11.8 Å². The van der Waals surface area contributed by atoms with E-state index >= 15 is 0 Å². The molecule has 0 saturated heterocycles. The second-order valence-electron chi connectivity index (χ2n) is 7.27. The summed E-state index contributed by atoms with van der Waals surface area (Å²) >= 11 is 1.60. The maximum Gasteiger partial charge on any atom is 0.251 e. The van der Waals surface area contributed by atoms with Crippen LogP contribution in [-0.4, -0.2) is 56.7 Å². The largest absolute Gasteiger partial charge is 0.360 e. The summed E-state index contributed by atoms with van der Waals surface area (Å²) in [5.41, 5.74) is 2.75. The second kappa shape index (κ2) is 11.0. The van der Waals surface area contributed by atoms with Crippen molar-refractivity contribution in [2.75, 3.05) is 45.7 Å². The Bertz CT molecular complexity index is 781. The van der Waals surface area contributed by atoms with Crippen molar-refractivity contribution < 1.29 is 9.69 Å². The number of nitrogens with one attached hydrogen (secondary N) is 2. The monoisotopic (exact) mass is 402 g/mol. The van der Waals surface area contributed by atoms with E-state index in [1.807, 2.05) is 37.3 Å². The lowest BCUT2D eigenvalue weighted by atomic mass is 10.1. The molecular formula is C21H32N5OS+. The summed E-state index contributed by atoms with van der Waals surface area (Å²) in [5.74, 6) is 1.65. The first-order valence-electron chi connectivity index (χ1n) is 9.74. The molecule has 2 rings (SSSR count). The van der Waals surface area contributed by atoms with Gasteiger partial charge in [-0.3, -0.25) is 4.79 Å². The molecule has 0 unspecified atom stereocenters. The van der Waals surface area contributed by atoms with Crippen LogP contribution in [0.4, 0.5) is 5.82 Å². The molecule has 1 aromatic carbocycles. The van der Waals surface area contributed by atoms with Crippen molar-refractivity contribution in [3.63, 3.8) is 0 Å². The average molecular weight is 403 g/mol. The highest BCUT2D eigenvalue weighted by Crippen LogP contribution is 2.23. The maximum atomic E-state index is 12.3. The standard InChI is InChI=1S/C21H31N5OS/c1-6-11-26(5)19-13-16(2)23-21(24-19)28-15-17-8-7-9-18(14-17)20(27)22-10-12-25(3)4/h7-9,13-14H,6,10-12,15H2,1-5H3,(H,22,27)/p+1. The van der Waals surface area contributed by atoms with Gasteiger partial charge in [-0.25, -0.2) is 9.97 Å². The van der Waals surface area contributed by atoms with Crippen LogP contribution in [0.5, 0.6) is 0 Å². The lowest BCUT2D eigenvalue weighted by Crippen LogP contribution is -3.06. The molecule has 0 aliphatic rings. The number of amides is 1. The topological polar surface area (TPSA) is 62.6 Å². The highest BCUT2D eigenvalue weighted by Gasteiger charge is 2.09. The number of carbonyl (C=O) groups excluding carboxylic acids is 1. The van der Waals surface area contributed by atoms with Gasteiger partial charge in [0, 0.05) is 36.7 Å². The minimum atomic E-state index is -0.0246. The Morgan fingerprint density at radius 2 is 2.04 bits per heavy atom. The summed E-state index contributed by atoms with van der Waals surface area (Å²) in [6.07, 6.45) is 1.08. The molecule has 2 aromatic rings. The smallest absolute Gasteiger partial charge is 0.251 e. The van der Waals surface area contributed by atoms with E-state index in [-0.39, 0.29) is 5.91 Å². The van der Waals surface area contributed by atoms with Gasteiger partial charge in [0.05, 0.1) is 27.2 Å². The fourth-order valence-corrected chi connectivity index (χ4v) is 3.56. The Kier molecular flexibility index (Phi) is 8.73. The van der Waals surface area contributed by atoms with Crippen molar-refractivity contribution in [1.82, 2.24) is 15.3 Å². The van der Waals surface area contributed by atoms with Crippen molar-refractivity contribution in [3.8, 4) is 0 Å². The van der Waals surface area contributed by atoms with Gasteiger partial charge in [0.15, 0.2) is 5.16 Å². The molecule has 2 N–H and O–H groups in total. The lowest BCUT2D eigenvalue weighted by molar-refractivity contribution is -0.856. The first-order valence-corrected chi connectivity index (χ1v) is 10.7. The molecule has 0 fully saturated rings. The summed E-state index contributed by atoms with van der Waals surface area (Å²) in [5, 5.41) is 3.74. The predicted molar refractivity (Wildman–Crippen MR) is 116 cm³/mol. The number of nitrogens with zero attached hydrogens (tertiary/aromatic N) is 3. The molecule has 0 atom stereocenters. The van der Waals surface area contributed by atoms with Gasteiger partial charge >= 0.3 is 0 Å². The van der Waals surface area contributed by atoms with Gasteiger partial charge in [0.25, 0.3) is 5.91 Å². The van der Waals surface area contributed by atoms with Gasteiger partial charge < -0.3 is 15.1 Å². The fraction of sp³-hybridized carbons (Fsp3) is 0.476. The third-order valence-electron chi connectivity index (χ3n) is 4.24. The molecule has 152 valence electrons. The third kappa shape index (κ3) is 7.13. The number of thioether (sulfide) groups is 1. The van der Waals surface area contributed by atoms with Crippen LogP contribution in [0.1, 0.15) is 35.0 Å². The molecule has 1 amide bonds. The van der Waals surface area contributed by atoms with E-state index in [0.717, 1.165) is 47.5 Å². The van der Waals surface area contributed by atoms with E-state index < -0.39 is 0 Å². The fourth-order valence-electron chi connectivity index (χ4n) is 2.71. The number of rotatable bonds is 10. The van der Waals surface area contributed by atoms with Crippen molar-refractivity contribution in [2.45, 2.75) is 31.2 Å². The normalized spacial score (nSPS) is 10.9. The van der Waals surface area contributed by atoms with E-state index in [9.17, 15) is 4.79 Å². The Morgan fingerprint density at radius 1 is 1.25 bits per heavy atom. The Balaban J connectivity index is 2.00. The van der Waals surface area contributed by atoms with E-state index in [1.165, 1.54) is 4.90 Å². The van der Waals surface area contributed by atoms with Crippen LogP contribution in [0.25, 0.3) is 0 Å². The molecular weight excluding hydrogens is 370 g/mol. The van der Waals surface area contributed by atoms with E-state index in [2.05, 4.69) is 48.3 Å². The summed E-state index contributed by atoms with van der Waals surface area (Å²) < 4.78 is 0. The number of hydrogen-bond acceptors (Lipinski definition) is 5. The Morgan fingerprint density at radius 3 is 2.75 bits per heavy atom. The highest BCUT2D eigenvalue weighted by atomic mass is 32.2. The molecule has 0 aliphatic carbocycles. The molecule has 0 aliphatic heterocycles. The van der Waals surface area contributed by atoms with Crippen LogP contribution < -0.4 is 15.1 Å². The van der Waals surface area contributed by atoms with Gasteiger partial charge in [-0.05, 0) is 31.0 Å². The number of likely N-dealkylation sites (N-methyl/N-ethyl adjacent to an activating group) is 1. The van der Waals surface area contributed by atoms with E-state index in [1.54, 1.807) is 11.8 Å². The van der Waals surface area contributed by atoms with E-state index in [0.29, 0.717) is 12.1 Å². The number of aryl methyl sites for hydroxylation is 1. The molecule has 6 nitrogen and oxygen atoms in total. The molecule has 7 heteroatoms. The number of anilines is 1. The number of carbonyl (C=O) groups is 1. The Labute approximate surface area is 172 Å². The number of benzene rings is 1. The van der Waals surface area contributed by atoms with Crippen LogP contribution in [-0.2, 0) is 5.75 Å². The molecule has 1 aromatic heterocycles. The molecule has 1 heterocycles. The SMILES string of the molecule is CCCN(C)c1cc(C)nc(SCc2cccc(C(=O)NCC[NH+](C)C)c2)n1. The van der Waals surface area contributed by atoms with Gasteiger partial charge in [0.2, 0.25) is 0 Å². The molecule has 0 spiro atoms. The van der Waals surface area contributed by atoms with Crippen molar-refractivity contribution in [3.05, 3.63) is 47.2 Å². The lowest BCUT2D eigenvalue weighted by Gasteiger charge is -2.18. The predicted octanol–water partition coefficient (Wildman–Crippen LogP) is 1.80. The third-order valence-corrected chi connectivity index (χ3v) is 5.16. The average Bonchev–Trinajstić information content (AvgIpc) is 2.66. The molecule has 28 heavy (non-hydrogen) atoms. The van der Waals surface area contributed by atoms with Crippen LogP contribution in [0.3, 0.4) is 0 Å². The number of quaternary nitrogens is 1. The van der Waals surface area contributed by atoms with Gasteiger partial charge in [-0.15, -0.1) is 0 Å². The minimum absolute atomic E-state index is 0.0246. The zero-order chi connectivity index (χ0) is 20.5. The van der Waals surface area contributed by atoms with Gasteiger partial charge in [0.1, 0.15) is 5.82 Å². The van der Waals surface area contributed by atoms with Crippen LogP contribution in [0.2, 0.25) is 0 Å². The summed E-state index contributed by atoms with van der Waals surface area (Å²) in [4.78, 5) is 25.0. The van der Waals surface area contributed by atoms with E-state index in [4.69, 9.17) is 0 Å². The first-order chi connectivity index (χ1) is 13.4. The quantitative estimate of drug-likeness (QED) is 0.469. The summed E-state index contributed by atoms with van der Waals surface area (Å²) in [6, 6.07) is 9.78. The van der Waals surface area contributed by atoms with Gasteiger partial charge in [-0.2, -0.15) is 0 Å². The maximum absolute atomic E-state index is 12.3. The number of hydrogen-bond donors (Lipinski definition) is 2. The molecule has 0 bridgehead atoms. The van der Waals surface area contributed by atoms with Crippen molar-refractivity contribution in [1.29, 1.82) is 0 Å². The molecule has 0 saturated carbocycles. The Hall–Kier alpha value is -2.12. The zero-order valence-corrected chi connectivity index (χ0v) is 18.4. The van der Waals surface area contributed by atoms with Crippen LogP contribution in [0.15, 0.2) is 35.5 Å². The van der Waals surface area contributed by atoms with Crippen LogP contribution in [0, 0.1) is 6.92 Å². The van der Waals surface area contributed by atoms with Crippen molar-refractivity contribution in [2.24, 2.45) is 0 Å². The molecule has 0 radical (unpaired) electrons. The van der Waals surface area contributed by atoms with Crippen molar-refractivity contribution >= 4 is 23.5 Å². The number of aromatic nitrogens is 2.